The van der Waals surface area contributed by atoms with Crippen molar-refractivity contribution in [1.29, 1.82) is 0 Å². The Kier molecular flexibility index (Phi) is 3.97. The number of aromatic hydroxyl groups is 1. The highest BCUT2D eigenvalue weighted by Crippen LogP contribution is 2.33. The minimum absolute atomic E-state index is 0.202. The molecule has 3 rings (SSSR count). The summed E-state index contributed by atoms with van der Waals surface area (Å²) in [6.45, 7) is 1.29. The topological polar surface area (TPSA) is 50.7 Å². The van der Waals surface area contributed by atoms with Crippen LogP contribution in [0.15, 0.2) is 42.5 Å². The lowest BCUT2D eigenvalue weighted by Gasteiger charge is -2.27. The van der Waals surface area contributed by atoms with Gasteiger partial charge < -0.3 is 19.9 Å². The summed E-state index contributed by atoms with van der Waals surface area (Å²) in [4.78, 5) is 0. The van der Waals surface area contributed by atoms with Crippen molar-refractivity contribution in [2.75, 3.05) is 13.7 Å². The highest BCUT2D eigenvalue weighted by atomic mass is 16.5. The molecular formula is C17H19NO3. The van der Waals surface area contributed by atoms with Crippen LogP contribution in [0.2, 0.25) is 0 Å². The van der Waals surface area contributed by atoms with Gasteiger partial charge in [0.15, 0.2) is 11.5 Å². The summed E-state index contributed by atoms with van der Waals surface area (Å²) in [5.74, 6) is 1.64. The molecule has 2 N–H and O–H groups in total. The van der Waals surface area contributed by atoms with Gasteiger partial charge in [-0.2, -0.15) is 0 Å². The van der Waals surface area contributed by atoms with E-state index in [1.54, 1.807) is 13.2 Å². The number of phenols is 1. The average molecular weight is 285 g/mol. The largest absolute Gasteiger partial charge is 0.504 e. The Morgan fingerprint density at radius 2 is 2.10 bits per heavy atom. The number of para-hydroxylation sites is 2. The molecule has 0 fully saturated rings. The average Bonchev–Trinajstić information content (AvgIpc) is 2.54. The van der Waals surface area contributed by atoms with E-state index < -0.39 is 0 Å². The van der Waals surface area contributed by atoms with Gasteiger partial charge in [-0.3, -0.25) is 0 Å². The number of hydrogen-bond donors (Lipinski definition) is 2. The van der Waals surface area contributed by atoms with Gasteiger partial charge in [-0.15, -0.1) is 0 Å². The zero-order valence-electron chi connectivity index (χ0n) is 12.0. The molecule has 1 unspecified atom stereocenters. The molecule has 2 aromatic rings. The van der Waals surface area contributed by atoms with Crippen LogP contribution in [0.1, 0.15) is 23.6 Å². The van der Waals surface area contributed by atoms with Gasteiger partial charge in [-0.05, 0) is 12.1 Å². The second-order valence-corrected chi connectivity index (χ2v) is 5.08. The van der Waals surface area contributed by atoms with E-state index in [1.807, 2.05) is 30.3 Å². The van der Waals surface area contributed by atoms with Crippen molar-refractivity contribution in [3.63, 3.8) is 0 Å². The minimum atomic E-state index is 0.202. The van der Waals surface area contributed by atoms with Crippen molar-refractivity contribution < 1.29 is 14.6 Å². The summed E-state index contributed by atoms with van der Waals surface area (Å²) < 4.78 is 10.8. The van der Waals surface area contributed by atoms with Crippen molar-refractivity contribution in [3.8, 4) is 17.2 Å². The van der Waals surface area contributed by atoms with Crippen molar-refractivity contribution in [2.24, 2.45) is 0 Å². The first-order chi connectivity index (χ1) is 10.3. The van der Waals surface area contributed by atoms with Gasteiger partial charge in [-0.1, -0.05) is 30.3 Å². The Balaban J connectivity index is 1.75. The fourth-order valence-corrected chi connectivity index (χ4v) is 2.66. The van der Waals surface area contributed by atoms with Gasteiger partial charge in [0.2, 0.25) is 0 Å². The highest BCUT2D eigenvalue weighted by molar-refractivity contribution is 5.45. The van der Waals surface area contributed by atoms with Crippen LogP contribution in [-0.4, -0.2) is 18.8 Å². The summed E-state index contributed by atoms with van der Waals surface area (Å²) in [7, 11) is 1.56. The summed E-state index contributed by atoms with van der Waals surface area (Å²) in [6.07, 6.45) is 0.918. The number of phenolic OH excluding ortho intramolecular Hbond substituents is 1. The maximum Gasteiger partial charge on any atom is 0.162 e. The number of ether oxygens (including phenoxy) is 2. The number of fused-ring (bicyclic) bond motifs is 1. The van der Waals surface area contributed by atoms with E-state index in [1.165, 1.54) is 5.56 Å². The fraction of sp³-hybridized carbons (Fsp3) is 0.294. The second-order valence-electron chi connectivity index (χ2n) is 5.08. The van der Waals surface area contributed by atoms with E-state index in [0.717, 1.165) is 17.7 Å². The molecule has 1 aliphatic rings. The van der Waals surface area contributed by atoms with Crippen LogP contribution < -0.4 is 14.8 Å². The van der Waals surface area contributed by atoms with Crippen LogP contribution in [-0.2, 0) is 6.54 Å². The number of methoxy groups -OCH3 is 1. The fourth-order valence-electron chi connectivity index (χ4n) is 2.66. The molecule has 0 aromatic heterocycles. The Hall–Kier alpha value is -2.20. The summed E-state index contributed by atoms with van der Waals surface area (Å²) in [6, 6.07) is 13.8. The molecule has 1 atom stereocenters. The van der Waals surface area contributed by atoms with Crippen LogP contribution in [0.3, 0.4) is 0 Å². The van der Waals surface area contributed by atoms with E-state index in [4.69, 9.17) is 9.47 Å². The van der Waals surface area contributed by atoms with Crippen LogP contribution in [0, 0.1) is 0 Å². The molecule has 0 saturated heterocycles. The Morgan fingerprint density at radius 3 is 2.95 bits per heavy atom. The van der Waals surface area contributed by atoms with Crippen molar-refractivity contribution in [1.82, 2.24) is 5.32 Å². The lowest BCUT2D eigenvalue weighted by molar-refractivity contribution is 0.252. The van der Waals surface area contributed by atoms with Crippen molar-refractivity contribution in [2.45, 2.75) is 19.0 Å². The lowest BCUT2D eigenvalue weighted by Crippen LogP contribution is -2.26. The molecule has 21 heavy (non-hydrogen) atoms. The molecule has 0 bridgehead atoms. The van der Waals surface area contributed by atoms with Crippen LogP contribution in [0.4, 0.5) is 0 Å². The van der Waals surface area contributed by atoms with Crippen LogP contribution >= 0.6 is 0 Å². The van der Waals surface area contributed by atoms with E-state index in [0.29, 0.717) is 18.9 Å². The molecule has 4 heteroatoms. The summed E-state index contributed by atoms with van der Waals surface area (Å²) >= 11 is 0. The first kappa shape index (κ1) is 13.8. The van der Waals surface area contributed by atoms with Gasteiger partial charge >= 0.3 is 0 Å². The Labute approximate surface area is 124 Å². The molecule has 1 heterocycles. The lowest BCUT2D eigenvalue weighted by atomic mass is 10.0. The normalized spacial score (nSPS) is 16.9. The third kappa shape index (κ3) is 2.81. The van der Waals surface area contributed by atoms with E-state index >= 15 is 0 Å². The molecule has 0 spiro atoms. The van der Waals surface area contributed by atoms with Crippen LogP contribution in [0.5, 0.6) is 17.2 Å². The van der Waals surface area contributed by atoms with Gasteiger partial charge in [0.05, 0.1) is 13.7 Å². The molecule has 1 aliphatic heterocycles. The number of hydrogen-bond acceptors (Lipinski definition) is 4. The molecular weight excluding hydrogens is 266 g/mol. The molecule has 0 radical (unpaired) electrons. The second kappa shape index (κ2) is 6.06. The number of benzene rings is 2. The number of rotatable bonds is 4. The third-order valence-corrected chi connectivity index (χ3v) is 3.80. The standard InChI is InChI=1S/C17H19NO3/c1-20-16-8-4-5-12(17(16)19)11-18-14-9-10-21-15-7-3-2-6-13(14)15/h2-8,14,18-19H,9-11H2,1H3. The molecule has 0 amide bonds. The SMILES string of the molecule is COc1cccc(CNC2CCOc3ccccc32)c1O. The third-order valence-electron chi connectivity index (χ3n) is 3.80. The smallest absolute Gasteiger partial charge is 0.162 e. The van der Waals surface area contributed by atoms with E-state index in [-0.39, 0.29) is 11.8 Å². The van der Waals surface area contributed by atoms with E-state index in [9.17, 15) is 5.11 Å². The van der Waals surface area contributed by atoms with Crippen molar-refractivity contribution >= 4 is 0 Å². The summed E-state index contributed by atoms with van der Waals surface area (Å²) in [5.41, 5.74) is 2.00. The van der Waals surface area contributed by atoms with Gasteiger partial charge in [0.25, 0.3) is 0 Å². The van der Waals surface area contributed by atoms with Gasteiger partial charge in [0.1, 0.15) is 5.75 Å². The predicted molar refractivity (Wildman–Crippen MR) is 80.8 cm³/mol. The maximum absolute atomic E-state index is 10.1. The molecule has 0 aliphatic carbocycles. The maximum atomic E-state index is 10.1. The minimum Gasteiger partial charge on any atom is -0.504 e. The van der Waals surface area contributed by atoms with E-state index in [2.05, 4.69) is 11.4 Å². The molecule has 4 nitrogen and oxygen atoms in total. The summed E-state index contributed by atoms with van der Waals surface area (Å²) in [5, 5.41) is 13.6. The van der Waals surface area contributed by atoms with Crippen molar-refractivity contribution in [3.05, 3.63) is 53.6 Å². The molecule has 2 aromatic carbocycles. The first-order valence-corrected chi connectivity index (χ1v) is 7.09. The highest BCUT2D eigenvalue weighted by Gasteiger charge is 2.20. The predicted octanol–water partition coefficient (Wildman–Crippen LogP) is 3.01. The quantitative estimate of drug-likeness (QED) is 0.906. The zero-order chi connectivity index (χ0) is 14.7. The van der Waals surface area contributed by atoms with Crippen LogP contribution in [0.25, 0.3) is 0 Å². The van der Waals surface area contributed by atoms with Gasteiger partial charge in [-0.25, -0.2) is 0 Å². The Morgan fingerprint density at radius 1 is 1.24 bits per heavy atom. The Bertz CT molecular complexity index is 627. The van der Waals surface area contributed by atoms with Gasteiger partial charge in [0, 0.05) is 30.1 Å². The molecule has 0 saturated carbocycles. The zero-order valence-corrected chi connectivity index (χ0v) is 12.0. The number of nitrogens with one attached hydrogen (secondary N) is 1. The first-order valence-electron chi connectivity index (χ1n) is 7.09. The monoisotopic (exact) mass is 285 g/mol. The molecule has 110 valence electrons.